The first-order valence-electron chi connectivity index (χ1n) is 9.21. The quantitative estimate of drug-likeness (QED) is 0.730. The zero-order valence-corrected chi connectivity index (χ0v) is 16.2. The van der Waals surface area contributed by atoms with E-state index in [-0.39, 0.29) is 11.9 Å². The summed E-state index contributed by atoms with van der Waals surface area (Å²) in [4.78, 5) is 27.0. The van der Waals surface area contributed by atoms with E-state index >= 15 is 0 Å². The molecule has 0 saturated carbocycles. The monoisotopic (exact) mass is 385 g/mol. The molecule has 142 valence electrons. The number of nitrogens with zero attached hydrogens (tertiary/aromatic N) is 1. The van der Waals surface area contributed by atoms with Crippen molar-refractivity contribution in [1.82, 2.24) is 4.90 Å². The number of amides is 1. The Kier molecular flexibility index (Phi) is 6.17. The van der Waals surface area contributed by atoms with Gasteiger partial charge in [-0.25, -0.2) is 0 Å². The largest absolute Gasteiger partial charge is 0.468 e. The second-order valence-corrected chi connectivity index (χ2v) is 7.38. The third-order valence-corrected chi connectivity index (χ3v) is 5.66. The molecule has 1 aliphatic rings. The van der Waals surface area contributed by atoms with Crippen molar-refractivity contribution in [2.45, 2.75) is 31.1 Å². The molecule has 1 amide bonds. The molecule has 2 aromatic rings. The Morgan fingerprint density at radius 3 is 2.26 bits per heavy atom. The first-order valence-corrected chi connectivity index (χ1v) is 9.59. The van der Waals surface area contributed by atoms with Crippen molar-refractivity contribution in [3.05, 3.63) is 70.7 Å². The van der Waals surface area contributed by atoms with Crippen molar-refractivity contribution in [3.63, 3.8) is 0 Å². The van der Waals surface area contributed by atoms with Crippen LogP contribution < -0.4 is 0 Å². The van der Waals surface area contributed by atoms with Crippen molar-refractivity contribution in [2.75, 3.05) is 20.2 Å². The number of hydrogen-bond acceptors (Lipinski definition) is 3. The summed E-state index contributed by atoms with van der Waals surface area (Å²) in [5.74, 6) is -0.0987. The molecule has 0 N–H and O–H groups in total. The fourth-order valence-electron chi connectivity index (χ4n) is 3.76. The number of hydrogen-bond donors (Lipinski definition) is 0. The number of benzene rings is 2. The van der Waals surface area contributed by atoms with Crippen LogP contribution in [-0.2, 0) is 26.2 Å². The van der Waals surface area contributed by atoms with Gasteiger partial charge in [-0.1, -0.05) is 54.1 Å². The number of aryl methyl sites for hydroxylation is 1. The zero-order valence-electron chi connectivity index (χ0n) is 15.5. The first kappa shape index (κ1) is 19.4. The predicted molar refractivity (Wildman–Crippen MR) is 106 cm³/mol. The fraction of sp³-hybridized carbons (Fsp3) is 0.364. The molecule has 0 unspecified atom stereocenters. The lowest BCUT2D eigenvalue weighted by molar-refractivity contribution is -0.151. The van der Waals surface area contributed by atoms with Gasteiger partial charge in [-0.15, -0.1) is 0 Å². The third kappa shape index (κ3) is 4.33. The SMILES string of the molecule is COC(=O)C1(c2ccccc2)CCN(C(=O)CCc2ccc(Cl)cc2)CC1. The van der Waals surface area contributed by atoms with E-state index in [9.17, 15) is 9.59 Å². The van der Waals surface area contributed by atoms with Crippen LogP contribution in [0.15, 0.2) is 54.6 Å². The topological polar surface area (TPSA) is 46.6 Å². The highest BCUT2D eigenvalue weighted by Gasteiger charge is 2.44. The summed E-state index contributed by atoms with van der Waals surface area (Å²) in [7, 11) is 1.43. The number of halogens is 1. The zero-order chi connectivity index (χ0) is 19.3. The van der Waals surface area contributed by atoms with Crippen molar-refractivity contribution >= 4 is 23.5 Å². The molecule has 3 rings (SSSR count). The Morgan fingerprint density at radius 2 is 1.67 bits per heavy atom. The van der Waals surface area contributed by atoms with Gasteiger partial charge in [0.1, 0.15) is 0 Å². The van der Waals surface area contributed by atoms with Crippen molar-refractivity contribution in [2.24, 2.45) is 0 Å². The third-order valence-electron chi connectivity index (χ3n) is 5.41. The Hall–Kier alpha value is -2.33. The molecule has 0 radical (unpaired) electrons. The summed E-state index contributed by atoms with van der Waals surface area (Å²) in [6, 6.07) is 17.3. The van der Waals surface area contributed by atoms with E-state index in [1.807, 2.05) is 59.5 Å². The molecule has 0 aliphatic carbocycles. The molecule has 5 heteroatoms. The van der Waals surface area contributed by atoms with Crippen LogP contribution in [0.1, 0.15) is 30.4 Å². The molecular weight excluding hydrogens is 362 g/mol. The molecule has 1 aliphatic heterocycles. The average molecular weight is 386 g/mol. The lowest BCUT2D eigenvalue weighted by Crippen LogP contribution is -2.49. The highest BCUT2D eigenvalue weighted by atomic mass is 35.5. The molecule has 1 heterocycles. The van der Waals surface area contributed by atoms with E-state index < -0.39 is 5.41 Å². The molecular formula is C22H24ClNO3. The second-order valence-electron chi connectivity index (χ2n) is 6.95. The lowest BCUT2D eigenvalue weighted by Gasteiger charge is -2.40. The van der Waals surface area contributed by atoms with Gasteiger partial charge < -0.3 is 9.64 Å². The minimum atomic E-state index is -0.664. The van der Waals surface area contributed by atoms with E-state index in [0.29, 0.717) is 43.8 Å². The standard InChI is InChI=1S/C22H24ClNO3/c1-27-21(26)22(18-5-3-2-4-6-18)13-15-24(16-14-22)20(25)12-9-17-7-10-19(23)11-8-17/h2-8,10-11H,9,12-16H2,1H3. The highest BCUT2D eigenvalue weighted by molar-refractivity contribution is 6.30. The Balaban J connectivity index is 1.63. The van der Waals surface area contributed by atoms with E-state index in [0.717, 1.165) is 11.1 Å². The predicted octanol–water partition coefficient (Wildman–Crippen LogP) is 4.01. The van der Waals surface area contributed by atoms with Crippen LogP contribution in [0.5, 0.6) is 0 Å². The number of piperidine rings is 1. The lowest BCUT2D eigenvalue weighted by atomic mass is 9.72. The second kappa shape index (κ2) is 8.57. The average Bonchev–Trinajstić information content (AvgIpc) is 2.73. The molecule has 4 nitrogen and oxygen atoms in total. The van der Waals surface area contributed by atoms with Crippen LogP contribution >= 0.6 is 11.6 Å². The summed E-state index contributed by atoms with van der Waals surface area (Å²) >= 11 is 5.90. The van der Waals surface area contributed by atoms with E-state index in [2.05, 4.69) is 0 Å². The van der Waals surface area contributed by atoms with Crippen molar-refractivity contribution < 1.29 is 14.3 Å². The molecule has 0 spiro atoms. The number of ether oxygens (including phenoxy) is 1. The number of rotatable bonds is 5. The Bertz CT molecular complexity index is 781. The molecule has 2 aromatic carbocycles. The minimum absolute atomic E-state index is 0.122. The van der Waals surface area contributed by atoms with Gasteiger partial charge in [0.25, 0.3) is 0 Å². The summed E-state index contributed by atoms with van der Waals surface area (Å²) in [6.45, 7) is 1.12. The Labute approximate surface area is 165 Å². The van der Waals surface area contributed by atoms with Gasteiger partial charge in [0.05, 0.1) is 12.5 Å². The molecule has 0 aromatic heterocycles. The van der Waals surface area contributed by atoms with Gasteiger partial charge >= 0.3 is 5.97 Å². The maximum Gasteiger partial charge on any atom is 0.316 e. The number of carbonyl (C=O) groups is 2. The van der Waals surface area contributed by atoms with E-state index in [4.69, 9.17) is 16.3 Å². The number of methoxy groups -OCH3 is 1. The maximum absolute atomic E-state index is 12.6. The molecule has 27 heavy (non-hydrogen) atoms. The van der Waals surface area contributed by atoms with Crippen LogP contribution in [0.25, 0.3) is 0 Å². The molecule has 1 saturated heterocycles. The van der Waals surface area contributed by atoms with E-state index in [1.54, 1.807) is 0 Å². The van der Waals surface area contributed by atoms with E-state index in [1.165, 1.54) is 7.11 Å². The molecule has 1 fully saturated rings. The highest BCUT2D eigenvalue weighted by Crippen LogP contribution is 2.37. The molecule has 0 atom stereocenters. The van der Waals surface area contributed by atoms with Crippen molar-refractivity contribution in [3.8, 4) is 0 Å². The van der Waals surface area contributed by atoms with Crippen LogP contribution in [0.3, 0.4) is 0 Å². The van der Waals surface area contributed by atoms with Crippen LogP contribution in [0.4, 0.5) is 0 Å². The van der Waals surface area contributed by atoms with Crippen LogP contribution in [0.2, 0.25) is 5.02 Å². The number of likely N-dealkylation sites (tertiary alicyclic amines) is 1. The van der Waals surface area contributed by atoms with Gasteiger partial charge in [-0.05, 0) is 42.5 Å². The smallest absolute Gasteiger partial charge is 0.316 e. The van der Waals surface area contributed by atoms with Gasteiger partial charge in [-0.3, -0.25) is 9.59 Å². The summed E-state index contributed by atoms with van der Waals surface area (Å²) in [5.41, 5.74) is 1.39. The number of carbonyl (C=O) groups excluding carboxylic acids is 2. The van der Waals surface area contributed by atoms with Crippen LogP contribution in [-0.4, -0.2) is 37.0 Å². The van der Waals surface area contributed by atoms with Gasteiger partial charge in [0, 0.05) is 24.5 Å². The fourth-order valence-corrected chi connectivity index (χ4v) is 3.89. The van der Waals surface area contributed by atoms with Gasteiger partial charge in [0.15, 0.2) is 0 Å². The first-order chi connectivity index (χ1) is 13.0. The van der Waals surface area contributed by atoms with Crippen LogP contribution in [0, 0.1) is 0 Å². The number of esters is 1. The summed E-state index contributed by atoms with van der Waals surface area (Å²) in [6.07, 6.45) is 2.30. The molecule has 0 bridgehead atoms. The normalized spacial score (nSPS) is 16.0. The summed E-state index contributed by atoms with van der Waals surface area (Å²) in [5, 5.41) is 0.696. The van der Waals surface area contributed by atoms with Crippen molar-refractivity contribution in [1.29, 1.82) is 0 Å². The van der Waals surface area contributed by atoms with Gasteiger partial charge in [0.2, 0.25) is 5.91 Å². The maximum atomic E-state index is 12.6. The van der Waals surface area contributed by atoms with Gasteiger partial charge in [-0.2, -0.15) is 0 Å². The Morgan fingerprint density at radius 1 is 1.04 bits per heavy atom. The summed E-state index contributed by atoms with van der Waals surface area (Å²) < 4.78 is 5.10. The minimum Gasteiger partial charge on any atom is -0.468 e.